The fourth-order valence-electron chi connectivity index (χ4n) is 4.08. The molecule has 7 nitrogen and oxygen atoms in total. The lowest BCUT2D eigenvalue weighted by Gasteiger charge is -2.27. The molecule has 0 aliphatic heterocycles. The Labute approximate surface area is 207 Å². The summed E-state index contributed by atoms with van der Waals surface area (Å²) in [5, 5.41) is 0. The molecule has 7 heteroatoms. The van der Waals surface area contributed by atoms with Crippen LogP contribution < -0.4 is 16.2 Å². The molecule has 1 aliphatic carbocycles. The van der Waals surface area contributed by atoms with Crippen molar-refractivity contribution in [1.82, 2.24) is 0 Å². The average molecular weight is 481 g/mol. The van der Waals surface area contributed by atoms with Crippen LogP contribution in [0.25, 0.3) is 6.08 Å². The second-order valence-electron chi connectivity index (χ2n) is 8.95. The molecule has 35 heavy (non-hydrogen) atoms. The minimum atomic E-state index is -0.438. The van der Waals surface area contributed by atoms with E-state index >= 15 is 0 Å². The van der Waals surface area contributed by atoms with Gasteiger partial charge in [0.1, 0.15) is 5.75 Å². The smallest absolute Gasteiger partial charge is 0.330 e. The Kier molecular flexibility index (Phi) is 10.2. The molecule has 188 valence electrons. The maximum atomic E-state index is 12.5. The van der Waals surface area contributed by atoms with Crippen LogP contribution in [0.4, 0.5) is 11.4 Å². The molecule has 1 aliphatic rings. The number of hydrogen-bond acceptors (Lipinski definition) is 7. The summed E-state index contributed by atoms with van der Waals surface area (Å²) in [7, 11) is 0. The number of benzene rings is 2. The van der Waals surface area contributed by atoms with Gasteiger partial charge < -0.3 is 25.7 Å². The Hall–Kier alpha value is -3.32. The third kappa shape index (κ3) is 9.09. The molecule has 0 amide bonds. The zero-order valence-corrected chi connectivity index (χ0v) is 20.4. The number of nitrogen functional groups attached to an aromatic ring is 2. The van der Waals surface area contributed by atoms with Gasteiger partial charge in [0, 0.05) is 30.5 Å². The van der Waals surface area contributed by atoms with Crippen LogP contribution in [0, 0.1) is 5.92 Å². The highest BCUT2D eigenvalue weighted by molar-refractivity contribution is 5.87. The summed E-state index contributed by atoms with van der Waals surface area (Å²) in [6.45, 7) is 3.18. The summed E-state index contributed by atoms with van der Waals surface area (Å²) in [5.74, 6) is -0.214. The monoisotopic (exact) mass is 480 g/mol. The normalized spacial score (nSPS) is 17.9. The molecule has 0 saturated heterocycles. The van der Waals surface area contributed by atoms with E-state index in [9.17, 15) is 9.59 Å². The predicted molar refractivity (Wildman–Crippen MR) is 138 cm³/mol. The third-order valence-corrected chi connectivity index (χ3v) is 6.04. The summed E-state index contributed by atoms with van der Waals surface area (Å²) in [4.78, 5) is 24.5. The number of nitrogens with two attached hydrogens (primary N) is 2. The molecule has 0 aromatic heterocycles. The van der Waals surface area contributed by atoms with Crippen LogP contribution in [-0.2, 0) is 25.5 Å². The van der Waals surface area contributed by atoms with Crippen LogP contribution in [0.3, 0.4) is 0 Å². The van der Waals surface area contributed by atoms with Crippen molar-refractivity contribution in [2.75, 3.05) is 24.7 Å². The largest absolute Gasteiger partial charge is 0.462 e. The lowest BCUT2D eigenvalue weighted by molar-refractivity contribution is -0.141. The minimum absolute atomic E-state index is 0.0841. The molecule has 0 bridgehead atoms. The molecule has 4 N–H and O–H groups in total. The number of ether oxygens (including phenoxy) is 3. The topological polar surface area (TPSA) is 114 Å². The summed E-state index contributed by atoms with van der Waals surface area (Å²) in [6.07, 6.45) is 9.42. The van der Waals surface area contributed by atoms with E-state index in [1.54, 1.807) is 36.4 Å². The van der Waals surface area contributed by atoms with Gasteiger partial charge in [0.25, 0.3) is 0 Å². The number of esters is 2. The number of rotatable bonds is 11. The quantitative estimate of drug-likeness (QED) is 0.154. The SMILES string of the molecule is CCCCOC1CCC(C(=O)Oc2ccc(/C=C/C(=O)OCCc3cc(N)cc(N)c3)cc2)CC1. The number of carbonyl (C=O) groups is 2. The summed E-state index contributed by atoms with van der Waals surface area (Å²) in [5.41, 5.74) is 14.4. The first-order valence-electron chi connectivity index (χ1n) is 12.4. The van der Waals surface area contributed by atoms with Gasteiger partial charge in [-0.3, -0.25) is 4.79 Å². The number of unbranched alkanes of at least 4 members (excludes halogenated alkanes) is 1. The van der Waals surface area contributed by atoms with E-state index in [1.165, 1.54) is 6.08 Å². The maximum Gasteiger partial charge on any atom is 0.330 e. The van der Waals surface area contributed by atoms with Crippen LogP contribution in [0.5, 0.6) is 5.75 Å². The third-order valence-electron chi connectivity index (χ3n) is 6.04. The van der Waals surface area contributed by atoms with E-state index in [-0.39, 0.29) is 24.6 Å². The second-order valence-corrected chi connectivity index (χ2v) is 8.95. The van der Waals surface area contributed by atoms with E-state index in [1.807, 2.05) is 12.1 Å². The zero-order valence-electron chi connectivity index (χ0n) is 20.4. The number of carbonyl (C=O) groups excluding carboxylic acids is 2. The van der Waals surface area contributed by atoms with Gasteiger partial charge in [0.15, 0.2) is 0 Å². The van der Waals surface area contributed by atoms with E-state index in [0.29, 0.717) is 23.5 Å². The molecule has 1 saturated carbocycles. The lowest BCUT2D eigenvalue weighted by Crippen LogP contribution is -2.29. The van der Waals surface area contributed by atoms with Crippen molar-refractivity contribution in [3.8, 4) is 5.75 Å². The van der Waals surface area contributed by atoms with Gasteiger partial charge >= 0.3 is 11.9 Å². The van der Waals surface area contributed by atoms with Crippen molar-refractivity contribution < 1.29 is 23.8 Å². The van der Waals surface area contributed by atoms with Crippen molar-refractivity contribution in [3.63, 3.8) is 0 Å². The van der Waals surface area contributed by atoms with Gasteiger partial charge in [-0.25, -0.2) is 4.79 Å². The molecule has 3 rings (SSSR count). The Morgan fingerprint density at radius 3 is 2.31 bits per heavy atom. The highest BCUT2D eigenvalue weighted by Gasteiger charge is 2.28. The first-order chi connectivity index (χ1) is 16.9. The number of anilines is 2. The van der Waals surface area contributed by atoms with Crippen molar-refractivity contribution in [3.05, 3.63) is 59.7 Å². The van der Waals surface area contributed by atoms with Crippen LogP contribution in [0.2, 0.25) is 0 Å². The summed E-state index contributed by atoms with van der Waals surface area (Å²) < 4.78 is 16.7. The van der Waals surface area contributed by atoms with Crippen LogP contribution in [0.1, 0.15) is 56.6 Å². The van der Waals surface area contributed by atoms with Crippen LogP contribution in [0.15, 0.2) is 48.5 Å². The van der Waals surface area contributed by atoms with Crippen LogP contribution >= 0.6 is 0 Å². The zero-order chi connectivity index (χ0) is 25.0. The molecule has 0 heterocycles. The van der Waals surface area contributed by atoms with Crippen molar-refractivity contribution in [1.29, 1.82) is 0 Å². The Morgan fingerprint density at radius 1 is 0.971 bits per heavy atom. The van der Waals surface area contributed by atoms with Gasteiger partial charge in [0.2, 0.25) is 0 Å². The lowest BCUT2D eigenvalue weighted by atomic mass is 9.87. The molecule has 2 aromatic carbocycles. The number of hydrogen-bond donors (Lipinski definition) is 2. The molecular weight excluding hydrogens is 444 g/mol. The molecule has 0 unspecified atom stereocenters. The first kappa shape index (κ1) is 26.3. The molecule has 0 spiro atoms. The Balaban J connectivity index is 1.38. The standard InChI is InChI=1S/C28H36N2O5/c1-2-3-15-33-25-11-7-22(8-12-25)28(32)35-26-9-4-20(5-10-26)6-13-27(31)34-16-14-21-17-23(29)19-24(30)18-21/h4-6,9-10,13,17-19,22,25H,2-3,7-8,11-12,14-16,29-30H2,1H3/b13-6+. The van der Waals surface area contributed by atoms with Gasteiger partial charge in [-0.2, -0.15) is 0 Å². The Morgan fingerprint density at radius 2 is 1.66 bits per heavy atom. The van der Waals surface area contributed by atoms with Gasteiger partial charge in [-0.1, -0.05) is 25.5 Å². The first-order valence-corrected chi connectivity index (χ1v) is 12.4. The van der Waals surface area contributed by atoms with E-state index < -0.39 is 5.97 Å². The summed E-state index contributed by atoms with van der Waals surface area (Å²) in [6, 6.07) is 12.3. The van der Waals surface area contributed by atoms with Gasteiger partial charge in [-0.05, 0) is 79.6 Å². The second kappa shape index (κ2) is 13.5. The van der Waals surface area contributed by atoms with E-state index in [2.05, 4.69) is 6.92 Å². The maximum absolute atomic E-state index is 12.5. The highest BCUT2D eigenvalue weighted by Crippen LogP contribution is 2.28. The van der Waals surface area contributed by atoms with E-state index in [0.717, 1.165) is 56.3 Å². The average Bonchev–Trinajstić information content (AvgIpc) is 2.83. The highest BCUT2D eigenvalue weighted by atomic mass is 16.5. The van der Waals surface area contributed by atoms with Gasteiger partial charge in [-0.15, -0.1) is 0 Å². The van der Waals surface area contributed by atoms with Crippen molar-refractivity contribution in [2.45, 2.75) is 58.0 Å². The molecule has 0 radical (unpaired) electrons. The minimum Gasteiger partial charge on any atom is -0.462 e. The van der Waals surface area contributed by atoms with Crippen molar-refractivity contribution >= 4 is 29.4 Å². The Bertz CT molecular complexity index is 975. The molecule has 0 atom stereocenters. The molecule has 1 fully saturated rings. The molecule has 2 aromatic rings. The predicted octanol–water partition coefficient (Wildman–Crippen LogP) is 4.93. The summed E-state index contributed by atoms with van der Waals surface area (Å²) >= 11 is 0. The van der Waals surface area contributed by atoms with Crippen molar-refractivity contribution in [2.24, 2.45) is 5.92 Å². The fourth-order valence-corrected chi connectivity index (χ4v) is 4.08. The fraction of sp³-hybridized carbons (Fsp3) is 0.429. The van der Waals surface area contributed by atoms with Gasteiger partial charge in [0.05, 0.1) is 18.6 Å². The van der Waals surface area contributed by atoms with Crippen LogP contribution in [-0.4, -0.2) is 31.3 Å². The molecular formula is C28H36N2O5. The van der Waals surface area contributed by atoms with E-state index in [4.69, 9.17) is 25.7 Å².